The monoisotopic (exact) mass is 635 g/mol. The van der Waals surface area contributed by atoms with Gasteiger partial charge in [-0.3, -0.25) is 0 Å². The van der Waals surface area contributed by atoms with Gasteiger partial charge >= 0.3 is 0 Å². The lowest BCUT2D eigenvalue weighted by atomic mass is 9.95. The first-order valence-electron chi connectivity index (χ1n) is 16.3. The van der Waals surface area contributed by atoms with E-state index < -0.39 is 0 Å². The molecule has 50 heavy (non-hydrogen) atoms. The number of nitriles is 3. The number of hydrogen-bond donors (Lipinski definition) is 0. The lowest BCUT2D eigenvalue weighted by Crippen LogP contribution is -2.00. The average molecular weight is 636 g/mol. The second-order valence-electron chi connectivity index (χ2n) is 12.3. The molecule has 0 unspecified atom stereocenters. The first-order valence-corrected chi connectivity index (χ1v) is 16.3. The topological polar surface area (TPSA) is 81.2 Å². The largest absolute Gasteiger partial charge is 0.309 e. The third kappa shape index (κ3) is 4.31. The minimum atomic E-state index is 0.575. The van der Waals surface area contributed by atoms with E-state index in [1.165, 1.54) is 0 Å². The molecule has 7 aromatic carbocycles. The molecule has 2 aromatic heterocycles. The van der Waals surface area contributed by atoms with Gasteiger partial charge in [0, 0.05) is 38.4 Å². The van der Waals surface area contributed by atoms with E-state index in [2.05, 4.69) is 100 Å². The summed E-state index contributed by atoms with van der Waals surface area (Å²) in [7, 11) is 0. The van der Waals surface area contributed by atoms with Crippen molar-refractivity contribution in [1.29, 1.82) is 15.8 Å². The van der Waals surface area contributed by atoms with Crippen LogP contribution in [0.3, 0.4) is 0 Å². The van der Waals surface area contributed by atoms with E-state index in [0.717, 1.165) is 77.2 Å². The van der Waals surface area contributed by atoms with Gasteiger partial charge in [-0.1, -0.05) is 91.0 Å². The normalized spacial score (nSPS) is 11.1. The van der Waals surface area contributed by atoms with Gasteiger partial charge in [0.2, 0.25) is 0 Å². The first-order chi connectivity index (χ1) is 24.7. The zero-order valence-corrected chi connectivity index (χ0v) is 26.7. The van der Waals surface area contributed by atoms with Gasteiger partial charge in [0.1, 0.15) is 6.07 Å². The van der Waals surface area contributed by atoms with Gasteiger partial charge in [-0.2, -0.15) is 15.8 Å². The van der Waals surface area contributed by atoms with Crippen molar-refractivity contribution < 1.29 is 0 Å². The smallest absolute Gasteiger partial charge is 0.101 e. The molecule has 0 atom stereocenters. The van der Waals surface area contributed by atoms with Gasteiger partial charge in [0.25, 0.3) is 0 Å². The van der Waals surface area contributed by atoms with Crippen LogP contribution in [0.5, 0.6) is 0 Å². The van der Waals surface area contributed by atoms with Crippen LogP contribution in [0.4, 0.5) is 0 Å². The summed E-state index contributed by atoms with van der Waals surface area (Å²) in [6.07, 6.45) is 0. The minimum Gasteiger partial charge on any atom is -0.309 e. The lowest BCUT2D eigenvalue weighted by molar-refractivity contribution is 1.17. The van der Waals surface area contributed by atoms with Crippen molar-refractivity contribution in [3.63, 3.8) is 0 Å². The fraction of sp³-hybridized carbons (Fsp3) is 0. The number of aromatic nitrogens is 2. The quantitative estimate of drug-likeness (QED) is 0.193. The SMILES string of the molecule is N#Cc1ccc2c(c1)c1ccccc1n2-c1ccc(C#N)c(-c2ccc(-c3cccc(C#N)c3-n3c4ccccc4c4ccccc43)cc2)c1. The molecule has 0 fully saturated rings. The zero-order chi connectivity index (χ0) is 33.8. The third-order valence-electron chi connectivity index (χ3n) is 9.65. The van der Waals surface area contributed by atoms with Crippen molar-refractivity contribution in [3.05, 3.63) is 168 Å². The van der Waals surface area contributed by atoms with Crippen LogP contribution >= 0.6 is 0 Å². The molecule has 5 nitrogen and oxygen atoms in total. The Labute approximate surface area is 287 Å². The summed E-state index contributed by atoms with van der Waals surface area (Å²) in [6, 6.07) is 57.7. The summed E-state index contributed by atoms with van der Waals surface area (Å²) in [5.74, 6) is 0. The molecule has 9 rings (SSSR count). The molecule has 9 aromatic rings. The average Bonchev–Trinajstić information content (AvgIpc) is 3.70. The van der Waals surface area contributed by atoms with Crippen molar-refractivity contribution in [2.45, 2.75) is 0 Å². The van der Waals surface area contributed by atoms with E-state index in [9.17, 15) is 15.8 Å². The molecule has 5 heteroatoms. The number of fused-ring (bicyclic) bond motifs is 6. The molecule has 0 radical (unpaired) electrons. The second-order valence-corrected chi connectivity index (χ2v) is 12.3. The Hall–Kier alpha value is -7.39. The van der Waals surface area contributed by atoms with Crippen LogP contribution in [0.25, 0.3) is 77.2 Å². The third-order valence-corrected chi connectivity index (χ3v) is 9.65. The second kappa shape index (κ2) is 11.4. The maximum atomic E-state index is 10.3. The molecular weight excluding hydrogens is 611 g/mol. The fourth-order valence-corrected chi connectivity index (χ4v) is 7.43. The van der Waals surface area contributed by atoms with Crippen LogP contribution in [0.15, 0.2) is 152 Å². The zero-order valence-electron chi connectivity index (χ0n) is 26.7. The summed E-state index contributed by atoms with van der Waals surface area (Å²) in [4.78, 5) is 0. The highest BCUT2D eigenvalue weighted by Gasteiger charge is 2.19. The molecule has 0 N–H and O–H groups in total. The molecule has 0 aliphatic carbocycles. The van der Waals surface area contributed by atoms with Gasteiger partial charge in [-0.25, -0.2) is 0 Å². The number of nitrogens with zero attached hydrogens (tertiary/aromatic N) is 5. The molecule has 0 saturated carbocycles. The molecule has 230 valence electrons. The van der Waals surface area contributed by atoms with Crippen molar-refractivity contribution in [1.82, 2.24) is 9.13 Å². The Bertz CT molecular complexity index is 2900. The summed E-state index contributed by atoms with van der Waals surface area (Å²) >= 11 is 0. The van der Waals surface area contributed by atoms with Crippen LogP contribution in [-0.4, -0.2) is 9.13 Å². The molecule has 0 aliphatic rings. The van der Waals surface area contributed by atoms with Gasteiger partial charge in [0.15, 0.2) is 0 Å². The Morgan fingerprint density at radius 1 is 0.380 bits per heavy atom. The minimum absolute atomic E-state index is 0.575. The highest BCUT2D eigenvalue weighted by molar-refractivity contribution is 6.11. The standard InChI is InChI=1S/C45H25N5/c46-26-29-16-23-44-40(24-29)38-11-3-4-13-41(38)49(44)34-22-21-32(27-47)39(25-34)31-19-17-30(18-20-31)35-12-7-8-33(28-48)45(35)50-42-14-5-1-9-36(42)37-10-2-6-15-43(37)50/h1-25H. The van der Waals surface area contributed by atoms with Gasteiger partial charge in [-0.05, 0) is 71.8 Å². The van der Waals surface area contributed by atoms with Crippen molar-refractivity contribution in [2.75, 3.05) is 0 Å². The highest BCUT2D eigenvalue weighted by atomic mass is 15.0. The number of benzene rings is 7. The van der Waals surface area contributed by atoms with Crippen LogP contribution in [0.2, 0.25) is 0 Å². The van der Waals surface area contributed by atoms with Crippen molar-refractivity contribution in [3.8, 4) is 51.8 Å². The lowest BCUT2D eigenvalue weighted by Gasteiger charge is -2.16. The van der Waals surface area contributed by atoms with E-state index in [4.69, 9.17) is 0 Å². The van der Waals surface area contributed by atoms with Crippen LogP contribution in [-0.2, 0) is 0 Å². The molecule has 0 spiro atoms. The Kier molecular flexibility index (Phi) is 6.56. The van der Waals surface area contributed by atoms with E-state index in [1.54, 1.807) is 0 Å². The Morgan fingerprint density at radius 2 is 0.940 bits per heavy atom. The van der Waals surface area contributed by atoms with Gasteiger partial charge in [-0.15, -0.1) is 0 Å². The number of para-hydroxylation sites is 4. The van der Waals surface area contributed by atoms with Gasteiger partial charge < -0.3 is 9.13 Å². The molecular formula is C45H25N5. The predicted octanol–water partition coefficient (Wildman–Crippen LogP) is 10.8. The van der Waals surface area contributed by atoms with Crippen molar-refractivity contribution in [2.24, 2.45) is 0 Å². The number of hydrogen-bond acceptors (Lipinski definition) is 3. The highest BCUT2D eigenvalue weighted by Crippen LogP contribution is 2.39. The van der Waals surface area contributed by atoms with Crippen molar-refractivity contribution >= 4 is 43.6 Å². The fourth-order valence-electron chi connectivity index (χ4n) is 7.43. The Balaban J connectivity index is 1.20. The Morgan fingerprint density at radius 3 is 1.56 bits per heavy atom. The summed E-state index contributed by atoms with van der Waals surface area (Å²) in [5, 5.41) is 34.4. The van der Waals surface area contributed by atoms with Gasteiger partial charge in [0.05, 0.1) is 56.6 Å². The molecule has 0 saturated heterocycles. The first kappa shape index (κ1) is 28.8. The summed E-state index contributed by atoms with van der Waals surface area (Å²) in [5.41, 5.74) is 11.3. The van der Waals surface area contributed by atoms with E-state index >= 15 is 0 Å². The van der Waals surface area contributed by atoms with E-state index in [-0.39, 0.29) is 0 Å². The summed E-state index contributed by atoms with van der Waals surface area (Å²) in [6.45, 7) is 0. The predicted molar refractivity (Wildman–Crippen MR) is 200 cm³/mol. The van der Waals surface area contributed by atoms with E-state index in [0.29, 0.717) is 16.7 Å². The molecule has 0 amide bonds. The molecule has 0 bridgehead atoms. The number of rotatable bonds is 4. The maximum absolute atomic E-state index is 10.3. The van der Waals surface area contributed by atoms with Crippen LogP contribution in [0.1, 0.15) is 16.7 Å². The maximum Gasteiger partial charge on any atom is 0.101 e. The summed E-state index contributed by atoms with van der Waals surface area (Å²) < 4.78 is 4.39. The van der Waals surface area contributed by atoms with Crippen LogP contribution < -0.4 is 0 Å². The molecule has 0 aliphatic heterocycles. The molecule has 2 heterocycles. The van der Waals surface area contributed by atoms with E-state index in [1.807, 2.05) is 78.9 Å². The van der Waals surface area contributed by atoms with Crippen LogP contribution in [0, 0.1) is 34.0 Å².